The lowest BCUT2D eigenvalue weighted by Crippen LogP contribution is -2.47. The van der Waals surface area contributed by atoms with Gasteiger partial charge in [0.2, 0.25) is 6.29 Å². The van der Waals surface area contributed by atoms with Crippen molar-refractivity contribution in [3.05, 3.63) is 40.8 Å². The Morgan fingerprint density at radius 3 is 2.11 bits per heavy atom. The minimum absolute atomic E-state index is 0.331. The summed E-state index contributed by atoms with van der Waals surface area (Å²) in [7, 11) is 2.13. The summed E-state index contributed by atoms with van der Waals surface area (Å²) in [5.41, 5.74) is 2.28. The minimum Gasteiger partial charge on any atom is -0.425 e. The van der Waals surface area contributed by atoms with E-state index in [1.165, 1.54) is 75.5 Å². The standard InChI is InChI=1S/C36H54N4O4S/c1-5-6-7-8-9-10-11-12-13-14-15-16-17-22-33(41)43-29(3)44-36(42)40-32-21-19-18-20-31(32)37-34(30-27-28(2)45-35(30)40)39-25-23-38(4)24-26-39/h18-21,27,29H,5-17,22-26H2,1-4H3. The molecule has 0 saturated carbocycles. The molecule has 1 fully saturated rings. The number of anilines is 2. The summed E-state index contributed by atoms with van der Waals surface area (Å²) in [4.78, 5) is 38.7. The van der Waals surface area contributed by atoms with Gasteiger partial charge in [0.05, 0.1) is 16.9 Å². The van der Waals surface area contributed by atoms with Crippen LogP contribution in [0.5, 0.6) is 0 Å². The Bertz CT molecular complexity index is 1250. The summed E-state index contributed by atoms with van der Waals surface area (Å²) in [6.07, 6.45) is 15.1. The highest BCUT2D eigenvalue weighted by molar-refractivity contribution is 7.16. The van der Waals surface area contributed by atoms with Crippen LogP contribution in [0.2, 0.25) is 0 Å². The third kappa shape index (κ3) is 10.6. The number of amidine groups is 1. The molecular weight excluding hydrogens is 584 g/mol. The first-order valence-electron chi connectivity index (χ1n) is 17.3. The second kappa shape index (κ2) is 18.3. The molecule has 0 N–H and O–H groups in total. The Kier molecular flexibility index (Phi) is 14.2. The van der Waals surface area contributed by atoms with Gasteiger partial charge < -0.3 is 19.3 Å². The Labute approximate surface area is 274 Å². The molecule has 1 saturated heterocycles. The number of piperazine rings is 1. The van der Waals surface area contributed by atoms with E-state index in [4.69, 9.17) is 14.5 Å². The third-order valence-corrected chi connectivity index (χ3v) is 9.70. The highest BCUT2D eigenvalue weighted by Gasteiger charge is 2.34. The number of hydrogen-bond acceptors (Lipinski definition) is 8. The number of carbonyl (C=O) groups is 2. The van der Waals surface area contributed by atoms with Crippen LogP contribution in [0.4, 0.5) is 21.2 Å². The predicted octanol–water partition coefficient (Wildman–Crippen LogP) is 9.34. The molecule has 0 bridgehead atoms. The summed E-state index contributed by atoms with van der Waals surface area (Å²) >= 11 is 1.54. The number of carbonyl (C=O) groups excluding carboxylic acids is 2. The molecule has 9 heteroatoms. The molecule has 4 rings (SSSR count). The number of fused-ring (bicyclic) bond motifs is 2. The van der Waals surface area contributed by atoms with Crippen LogP contribution in [0.25, 0.3) is 0 Å². The fourth-order valence-corrected chi connectivity index (χ4v) is 7.06. The zero-order valence-electron chi connectivity index (χ0n) is 28.0. The first-order chi connectivity index (χ1) is 21.9. The molecule has 1 aromatic carbocycles. The van der Waals surface area contributed by atoms with Crippen LogP contribution < -0.4 is 4.90 Å². The van der Waals surface area contributed by atoms with Crippen LogP contribution in [-0.2, 0) is 14.3 Å². The maximum atomic E-state index is 13.7. The summed E-state index contributed by atoms with van der Waals surface area (Å²) < 4.78 is 11.2. The molecule has 3 heterocycles. The average molecular weight is 639 g/mol. The second-order valence-corrected chi connectivity index (χ2v) is 13.8. The van der Waals surface area contributed by atoms with Gasteiger partial charge >= 0.3 is 12.1 Å². The van der Waals surface area contributed by atoms with Gasteiger partial charge in [0.1, 0.15) is 10.8 Å². The van der Waals surface area contributed by atoms with Crippen molar-refractivity contribution >= 4 is 45.6 Å². The number of aryl methyl sites for hydroxylation is 1. The Morgan fingerprint density at radius 2 is 1.47 bits per heavy atom. The summed E-state index contributed by atoms with van der Waals surface area (Å²) in [6.45, 7) is 9.54. The molecule has 2 aromatic rings. The molecule has 1 aromatic heterocycles. The predicted molar refractivity (Wildman–Crippen MR) is 185 cm³/mol. The van der Waals surface area contributed by atoms with E-state index in [1.54, 1.807) is 11.8 Å². The quantitative estimate of drug-likeness (QED) is 0.104. The summed E-state index contributed by atoms with van der Waals surface area (Å²) in [5.74, 6) is 0.547. The van der Waals surface area contributed by atoms with Crippen molar-refractivity contribution in [3.8, 4) is 0 Å². The zero-order valence-corrected chi connectivity index (χ0v) is 28.8. The first-order valence-corrected chi connectivity index (χ1v) is 18.1. The number of benzene rings is 1. The van der Waals surface area contributed by atoms with Crippen molar-refractivity contribution in [2.45, 2.75) is 117 Å². The van der Waals surface area contributed by atoms with E-state index in [-0.39, 0.29) is 5.97 Å². The van der Waals surface area contributed by atoms with Crippen LogP contribution >= 0.6 is 11.3 Å². The van der Waals surface area contributed by atoms with Crippen LogP contribution in [-0.4, -0.2) is 67.2 Å². The molecule has 0 spiro atoms. The fourth-order valence-electron chi connectivity index (χ4n) is 6.05. The number of ether oxygens (including phenoxy) is 2. The number of rotatable bonds is 16. The smallest absolute Gasteiger partial charge is 0.422 e. The Balaban J connectivity index is 1.24. The number of nitrogens with zero attached hydrogens (tertiary/aromatic N) is 4. The summed E-state index contributed by atoms with van der Waals surface area (Å²) in [5, 5.41) is 0.769. The van der Waals surface area contributed by atoms with Crippen LogP contribution in [0.15, 0.2) is 35.3 Å². The molecule has 1 unspecified atom stereocenters. The van der Waals surface area contributed by atoms with Crippen molar-refractivity contribution in [3.63, 3.8) is 0 Å². The van der Waals surface area contributed by atoms with Crippen LogP contribution in [0, 0.1) is 6.92 Å². The first kappa shape index (κ1) is 35.0. The van der Waals surface area contributed by atoms with Crippen LogP contribution in [0.3, 0.4) is 0 Å². The monoisotopic (exact) mass is 638 g/mol. The molecule has 1 atom stereocenters. The van der Waals surface area contributed by atoms with Gasteiger partial charge in [-0.15, -0.1) is 11.3 Å². The SMILES string of the molecule is CCCCCCCCCCCCCCCC(=O)OC(C)OC(=O)N1c2ccccc2N=C(N2CCN(C)CC2)c2cc(C)sc21. The van der Waals surface area contributed by atoms with E-state index >= 15 is 0 Å². The molecular formula is C36H54N4O4S. The number of unbranched alkanes of at least 4 members (excludes halogenated alkanes) is 12. The topological polar surface area (TPSA) is 74.7 Å². The molecule has 0 aliphatic carbocycles. The number of esters is 1. The molecule has 8 nitrogen and oxygen atoms in total. The minimum atomic E-state index is -0.995. The van der Waals surface area contributed by atoms with Gasteiger partial charge in [-0.3, -0.25) is 4.79 Å². The fraction of sp³-hybridized carbons (Fsp3) is 0.639. The molecule has 2 aliphatic heterocycles. The van der Waals surface area contributed by atoms with Gasteiger partial charge in [-0.2, -0.15) is 0 Å². The normalized spacial score (nSPS) is 15.6. The molecule has 2 aliphatic rings. The average Bonchev–Trinajstić information content (AvgIpc) is 3.33. The lowest BCUT2D eigenvalue weighted by molar-refractivity contribution is -0.164. The number of thiophene rings is 1. The van der Waals surface area contributed by atoms with E-state index in [1.807, 2.05) is 31.2 Å². The van der Waals surface area contributed by atoms with Crippen LogP contribution in [0.1, 0.15) is 114 Å². The van der Waals surface area contributed by atoms with Crippen molar-refractivity contribution in [2.24, 2.45) is 4.99 Å². The van der Waals surface area contributed by atoms with E-state index in [0.717, 1.165) is 66.7 Å². The zero-order chi connectivity index (χ0) is 32.0. The van der Waals surface area contributed by atoms with Crippen molar-refractivity contribution in [1.82, 2.24) is 9.80 Å². The molecule has 1 amide bonds. The van der Waals surface area contributed by atoms with Gasteiger partial charge in [-0.1, -0.05) is 96.1 Å². The molecule has 45 heavy (non-hydrogen) atoms. The highest BCUT2D eigenvalue weighted by atomic mass is 32.1. The molecule has 248 valence electrons. The number of hydrogen-bond donors (Lipinski definition) is 0. The number of aliphatic imine (C=N–C) groups is 1. The lowest BCUT2D eigenvalue weighted by Gasteiger charge is -2.34. The van der Waals surface area contributed by atoms with Gasteiger partial charge in [-0.25, -0.2) is 14.7 Å². The van der Waals surface area contributed by atoms with Gasteiger partial charge in [0.15, 0.2) is 0 Å². The largest absolute Gasteiger partial charge is 0.425 e. The van der Waals surface area contributed by atoms with E-state index < -0.39 is 12.4 Å². The third-order valence-electron chi connectivity index (χ3n) is 8.66. The number of amides is 1. The van der Waals surface area contributed by atoms with E-state index in [0.29, 0.717) is 17.8 Å². The maximum Gasteiger partial charge on any atom is 0.422 e. The Morgan fingerprint density at radius 1 is 0.867 bits per heavy atom. The second-order valence-electron chi connectivity index (χ2n) is 12.6. The molecule has 0 radical (unpaired) electrons. The van der Waals surface area contributed by atoms with E-state index in [2.05, 4.69) is 29.8 Å². The number of para-hydroxylation sites is 2. The Hall–Kier alpha value is -2.91. The van der Waals surface area contributed by atoms with Gasteiger partial charge in [0, 0.05) is 44.4 Å². The van der Waals surface area contributed by atoms with E-state index in [9.17, 15) is 9.59 Å². The van der Waals surface area contributed by atoms with Crippen molar-refractivity contribution in [1.29, 1.82) is 0 Å². The van der Waals surface area contributed by atoms with Gasteiger partial charge in [0.25, 0.3) is 0 Å². The van der Waals surface area contributed by atoms with Crippen molar-refractivity contribution < 1.29 is 19.1 Å². The lowest BCUT2D eigenvalue weighted by atomic mass is 10.0. The number of likely N-dealkylation sites (N-methyl/N-ethyl adjacent to an activating group) is 1. The highest BCUT2D eigenvalue weighted by Crippen LogP contribution is 2.44. The van der Waals surface area contributed by atoms with Crippen molar-refractivity contribution in [2.75, 3.05) is 38.1 Å². The summed E-state index contributed by atoms with van der Waals surface area (Å²) in [6, 6.07) is 9.74. The maximum absolute atomic E-state index is 13.7. The van der Waals surface area contributed by atoms with Gasteiger partial charge in [-0.05, 0) is 38.6 Å².